The fourth-order valence-electron chi connectivity index (χ4n) is 1.05. The summed E-state index contributed by atoms with van der Waals surface area (Å²) in [7, 11) is 0. The molecule has 0 saturated carbocycles. The molecule has 0 amide bonds. The maximum atomic E-state index is 9.11. The molecule has 2 nitrogen and oxygen atoms in total. The predicted octanol–water partition coefficient (Wildman–Crippen LogP) is 1.31. The minimum absolute atomic E-state index is 0.268. The SMILES string of the molecule is Cc1cnccc1CC(C)O. The van der Waals surface area contributed by atoms with Crippen molar-refractivity contribution >= 4 is 0 Å². The second kappa shape index (κ2) is 3.49. The van der Waals surface area contributed by atoms with Crippen LogP contribution in [-0.2, 0) is 6.42 Å². The molecule has 0 spiro atoms. The molecule has 0 radical (unpaired) electrons. The lowest BCUT2D eigenvalue weighted by Crippen LogP contribution is -2.05. The van der Waals surface area contributed by atoms with Crippen LogP contribution in [-0.4, -0.2) is 16.2 Å². The van der Waals surface area contributed by atoms with Gasteiger partial charge in [-0.2, -0.15) is 0 Å². The summed E-state index contributed by atoms with van der Waals surface area (Å²) in [6.45, 7) is 3.80. The van der Waals surface area contributed by atoms with Gasteiger partial charge in [-0.1, -0.05) is 0 Å². The van der Waals surface area contributed by atoms with Crippen LogP contribution < -0.4 is 0 Å². The zero-order chi connectivity index (χ0) is 8.27. The number of rotatable bonds is 2. The van der Waals surface area contributed by atoms with Crippen molar-refractivity contribution in [2.75, 3.05) is 0 Å². The maximum absolute atomic E-state index is 9.11. The molecular formula is C9H13NO. The van der Waals surface area contributed by atoms with Crippen molar-refractivity contribution in [3.63, 3.8) is 0 Å². The zero-order valence-corrected chi connectivity index (χ0v) is 6.91. The summed E-state index contributed by atoms with van der Waals surface area (Å²) in [5, 5.41) is 9.11. The number of pyridine rings is 1. The molecule has 1 unspecified atom stereocenters. The van der Waals surface area contributed by atoms with Gasteiger partial charge in [-0.25, -0.2) is 0 Å². The number of aliphatic hydroxyl groups is 1. The summed E-state index contributed by atoms with van der Waals surface area (Å²) in [4.78, 5) is 3.97. The number of aromatic nitrogens is 1. The average Bonchev–Trinajstić information content (AvgIpc) is 1.93. The van der Waals surface area contributed by atoms with Crippen LogP contribution in [0.1, 0.15) is 18.1 Å². The minimum atomic E-state index is -0.268. The summed E-state index contributed by atoms with van der Waals surface area (Å²) in [5.41, 5.74) is 2.32. The van der Waals surface area contributed by atoms with E-state index in [9.17, 15) is 0 Å². The van der Waals surface area contributed by atoms with Crippen molar-refractivity contribution in [1.82, 2.24) is 4.98 Å². The van der Waals surface area contributed by atoms with Crippen LogP contribution in [0.2, 0.25) is 0 Å². The highest BCUT2D eigenvalue weighted by molar-refractivity contribution is 5.21. The van der Waals surface area contributed by atoms with E-state index in [1.54, 1.807) is 13.1 Å². The molecule has 1 heterocycles. The molecule has 2 heteroatoms. The van der Waals surface area contributed by atoms with Crippen molar-refractivity contribution in [3.8, 4) is 0 Å². The second-order valence-corrected chi connectivity index (χ2v) is 2.86. The fraction of sp³-hybridized carbons (Fsp3) is 0.444. The van der Waals surface area contributed by atoms with Gasteiger partial charge in [0, 0.05) is 12.4 Å². The van der Waals surface area contributed by atoms with E-state index in [-0.39, 0.29) is 6.10 Å². The smallest absolute Gasteiger partial charge is 0.0552 e. The van der Waals surface area contributed by atoms with Gasteiger partial charge < -0.3 is 5.11 Å². The first-order chi connectivity index (χ1) is 5.20. The Hall–Kier alpha value is -0.890. The number of hydrogen-bond donors (Lipinski definition) is 1. The monoisotopic (exact) mass is 151 g/mol. The Bertz CT molecular complexity index is 233. The van der Waals surface area contributed by atoms with Crippen molar-refractivity contribution in [2.45, 2.75) is 26.4 Å². The summed E-state index contributed by atoms with van der Waals surface area (Å²) in [5.74, 6) is 0. The Morgan fingerprint density at radius 2 is 2.36 bits per heavy atom. The first kappa shape index (κ1) is 8.21. The van der Waals surface area contributed by atoms with E-state index in [4.69, 9.17) is 5.11 Å². The lowest BCUT2D eigenvalue weighted by atomic mass is 10.1. The summed E-state index contributed by atoms with van der Waals surface area (Å²) < 4.78 is 0. The van der Waals surface area contributed by atoms with E-state index in [0.29, 0.717) is 6.42 Å². The number of aryl methyl sites for hydroxylation is 1. The van der Waals surface area contributed by atoms with Crippen LogP contribution in [0.25, 0.3) is 0 Å². The number of nitrogens with zero attached hydrogens (tertiary/aromatic N) is 1. The largest absolute Gasteiger partial charge is 0.393 e. The Balaban J connectivity index is 2.78. The third kappa shape index (κ3) is 2.31. The molecule has 0 saturated heterocycles. The predicted molar refractivity (Wildman–Crippen MR) is 44.4 cm³/mol. The first-order valence-corrected chi connectivity index (χ1v) is 3.77. The fourth-order valence-corrected chi connectivity index (χ4v) is 1.05. The van der Waals surface area contributed by atoms with Gasteiger partial charge >= 0.3 is 0 Å². The van der Waals surface area contributed by atoms with Crippen molar-refractivity contribution in [1.29, 1.82) is 0 Å². The molecule has 11 heavy (non-hydrogen) atoms. The van der Waals surface area contributed by atoms with Crippen LogP contribution in [0.5, 0.6) is 0 Å². The lowest BCUT2D eigenvalue weighted by Gasteiger charge is -2.05. The third-order valence-electron chi connectivity index (χ3n) is 1.65. The van der Waals surface area contributed by atoms with Crippen molar-refractivity contribution in [2.24, 2.45) is 0 Å². The van der Waals surface area contributed by atoms with Gasteiger partial charge in [0.2, 0.25) is 0 Å². The van der Waals surface area contributed by atoms with Gasteiger partial charge in [0.1, 0.15) is 0 Å². The van der Waals surface area contributed by atoms with Gasteiger partial charge in [0.05, 0.1) is 6.10 Å². The Labute approximate surface area is 66.9 Å². The van der Waals surface area contributed by atoms with E-state index in [1.807, 2.05) is 19.2 Å². The number of aliphatic hydroxyl groups excluding tert-OH is 1. The average molecular weight is 151 g/mol. The quantitative estimate of drug-likeness (QED) is 0.691. The number of hydrogen-bond acceptors (Lipinski definition) is 2. The molecule has 0 fully saturated rings. The third-order valence-corrected chi connectivity index (χ3v) is 1.65. The molecule has 0 aliphatic heterocycles. The van der Waals surface area contributed by atoms with Gasteiger partial charge in [-0.15, -0.1) is 0 Å². The van der Waals surface area contributed by atoms with E-state index in [0.717, 1.165) is 5.56 Å². The van der Waals surface area contributed by atoms with Crippen LogP contribution in [0.15, 0.2) is 18.5 Å². The van der Waals surface area contributed by atoms with Crippen molar-refractivity contribution < 1.29 is 5.11 Å². The maximum Gasteiger partial charge on any atom is 0.0552 e. The lowest BCUT2D eigenvalue weighted by molar-refractivity contribution is 0.195. The van der Waals surface area contributed by atoms with Gasteiger partial charge in [-0.05, 0) is 37.5 Å². The molecule has 1 atom stereocenters. The van der Waals surface area contributed by atoms with E-state index in [1.165, 1.54) is 5.56 Å². The van der Waals surface area contributed by atoms with Crippen LogP contribution >= 0.6 is 0 Å². The Morgan fingerprint density at radius 3 is 2.91 bits per heavy atom. The van der Waals surface area contributed by atoms with E-state index >= 15 is 0 Å². The summed E-state index contributed by atoms with van der Waals surface area (Å²) >= 11 is 0. The molecular weight excluding hydrogens is 138 g/mol. The highest BCUT2D eigenvalue weighted by Crippen LogP contribution is 2.07. The van der Waals surface area contributed by atoms with Crippen LogP contribution in [0, 0.1) is 6.92 Å². The molecule has 1 aromatic rings. The van der Waals surface area contributed by atoms with Gasteiger partial charge in [0.25, 0.3) is 0 Å². The molecule has 1 aromatic heterocycles. The van der Waals surface area contributed by atoms with Crippen LogP contribution in [0.3, 0.4) is 0 Å². The van der Waals surface area contributed by atoms with E-state index in [2.05, 4.69) is 4.98 Å². The highest BCUT2D eigenvalue weighted by Gasteiger charge is 2.00. The Morgan fingerprint density at radius 1 is 1.64 bits per heavy atom. The summed E-state index contributed by atoms with van der Waals surface area (Å²) in [6, 6.07) is 1.95. The molecule has 0 aliphatic carbocycles. The highest BCUT2D eigenvalue weighted by atomic mass is 16.3. The van der Waals surface area contributed by atoms with Crippen molar-refractivity contribution in [3.05, 3.63) is 29.6 Å². The van der Waals surface area contributed by atoms with Gasteiger partial charge in [0.15, 0.2) is 0 Å². The zero-order valence-electron chi connectivity index (χ0n) is 6.91. The first-order valence-electron chi connectivity index (χ1n) is 3.77. The van der Waals surface area contributed by atoms with E-state index < -0.39 is 0 Å². The molecule has 0 bridgehead atoms. The normalized spacial score (nSPS) is 13.0. The molecule has 0 aliphatic rings. The van der Waals surface area contributed by atoms with Gasteiger partial charge in [-0.3, -0.25) is 4.98 Å². The second-order valence-electron chi connectivity index (χ2n) is 2.86. The molecule has 1 rings (SSSR count). The Kier molecular flexibility index (Phi) is 2.60. The molecule has 0 aromatic carbocycles. The minimum Gasteiger partial charge on any atom is -0.393 e. The standard InChI is InChI=1S/C9H13NO/c1-7-6-10-4-3-9(7)5-8(2)11/h3-4,6,8,11H,5H2,1-2H3. The molecule has 60 valence electrons. The summed E-state index contributed by atoms with van der Waals surface area (Å²) in [6.07, 6.45) is 4.02. The van der Waals surface area contributed by atoms with Crippen LogP contribution in [0.4, 0.5) is 0 Å². The topological polar surface area (TPSA) is 33.1 Å². The molecule has 1 N–H and O–H groups in total.